The summed E-state index contributed by atoms with van der Waals surface area (Å²) in [6.45, 7) is 6.05. The van der Waals surface area contributed by atoms with Crippen LogP contribution in [0.25, 0.3) is 16.9 Å². The minimum absolute atomic E-state index is 0.182. The van der Waals surface area contributed by atoms with Crippen molar-refractivity contribution in [1.82, 2.24) is 9.38 Å². The lowest BCUT2D eigenvalue weighted by Gasteiger charge is -2.04. The van der Waals surface area contributed by atoms with Gasteiger partial charge in [-0.25, -0.2) is 9.55 Å². The lowest BCUT2D eigenvalue weighted by atomic mass is 10.0. The first-order valence-electron chi connectivity index (χ1n) is 8.39. The van der Waals surface area contributed by atoms with Gasteiger partial charge in [0.15, 0.2) is 5.69 Å². The van der Waals surface area contributed by atoms with Crippen LogP contribution in [0.1, 0.15) is 32.0 Å². The molecule has 0 saturated carbocycles. The van der Waals surface area contributed by atoms with Crippen molar-refractivity contribution in [3.05, 3.63) is 54.1 Å². The number of ketones is 1. The van der Waals surface area contributed by atoms with Crippen molar-refractivity contribution in [2.45, 2.75) is 33.6 Å². The standard InChI is InChI=1S/C20H24N3O/c1-14(2)10-18-20-22(4)13-19(23(20)9-8-21-18)17-7-5-6-16(12-17)11-15(3)24/h5-9,12-14H,10-11H2,1-4H3/q+1. The van der Waals surface area contributed by atoms with Gasteiger partial charge in [-0.15, -0.1) is 0 Å². The van der Waals surface area contributed by atoms with E-state index in [-0.39, 0.29) is 5.78 Å². The number of rotatable bonds is 5. The van der Waals surface area contributed by atoms with E-state index >= 15 is 0 Å². The third-order valence-corrected chi connectivity index (χ3v) is 4.12. The van der Waals surface area contributed by atoms with Gasteiger partial charge in [-0.1, -0.05) is 32.0 Å². The summed E-state index contributed by atoms with van der Waals surface area (Å²) in [7, 11) is 2.06. The van der Waals surface area contributed by atoms with E-state index in [1.807, 2.05) is 24.5 Å². The highest BCUT2D eigenvalue weighted by Gasteiger charge is 2.21. The number of nitrogens with zero attached hydrogens (tertiary/aromatic N) is 3. The first kappa shape index (κ1) is 16.4. The zero-order chi connectivity index (χ0) is 17.3. The van der Waals surface area contributed by atoms with Crippen molar-refractivity contribution in [2.24, 2.45) is 13.0 Å². The number of aryl methyl sites for hydroxylation is 1. The molecule has 0 amide bonds. The summed E-state index contributed by atoms with van der Waals surface area (Å²) in [5, 5.41) is 0. The third kappa shape index (κ3) is 3.23. The fraction of sp³-hybridized carbons (Fsp3) is 0.350. The van der Waals surface area contributed by atoms with Gasteiger partial charge < -0.3 is 0 Å². The molecule has 0 saturated heterocycles. The van der Waals surface area contributed by atoms with Gasteiger partial charge in [-0.05, 0) is 24.5 Å². The number of aromatic nitrogens is 3. The maximum absolute atomic E-state index is 11.4. The molecule has 0 N–H and O–H groups in total. The Hall–Kier alpha value is -2.49. The smallest absolute Gasteiger partial charge is 0.300 e. The molecule has 4 nitrogen and oxygen atoms in total. The van der Waals surface area contributed by atoms with E-state index < -0.39 is 0 Å². The monoisotopic (exact) mass is 322 g/mol. The molecule has 124 valence electrons. The van der Waals surface area contributed by atoms with Crippen LogP contribution >= 0.6 is 0 Å². The van der Waals surface area contributed by atoms with Gasteiger partial charge in [0.05, 0.1) is 13.2 Å². The van der Waals surface area contributed by atoms with Crippen LogP contribution in [0, 0.1) is 5.92 Å². The largest absolute Gasteiger partial charge is 0.308 e. The average molecular weight is 322 g/mol. The minimum Gasteiger partial charge on any atom is -0.300 e. The maximum Gasteiger partial charge on any atom is 0.308 e. The van der Waals surface area contributed by atoms with Crippen LogP contribution in [-0.4, -0.2) is 15.2 Å². The van der Waals surface area contributed by atoms with E-state index in [2.05, 4.69) is 53.2 Å². The van der Waals surface area contributed by atoms with E-state index in [0.717, 1.165) is 34.6 Å². The first-order valence-corrected chi connectivity index (χ1v) is 8.39. The zero-order valence-corrected chi connectivity index (χ0v) is 14.8. The maximum atomic E-state index is 11.4. The molecule has 0 aliphatic heterocycles. The van der Waals surface area contributed by atoms with E-state index in [0.29, 0.717) is 12.3 Å². The van der Waals surface area contributed by atoms with Crippen molar-refractivity contribution < 1.29 is 9.36 Å². The Morgan fingerprint density at radius 3 is 2.83 bits per heavy atom. The molecular weight excluding hydrogens is 298 g/mol. The average Bonchev–Trinajstić information content (AvgIpc) is 2.85. The number of Topliss-reactive ketones (excluding diaryl/α,β-unsaturated/α-hetero) is 1. The summed E-state index contributed by atoms with van der Waals surface area (Å²) < 4.78 is 4.33. The lowest BCUT2D eigenvalue weighted by molar-refractivity contribution is -0.644. The Balaban J connectivity index is 2.13. The number of carbonyl (C=O) groups is 1. The van der Waals surface area contributed by atoms with Gasteiger partial charge in [-0.3, -0.25) is 4.79 Å². The number of imidazole rings is 1. The van der Waals surface area contributed by atoms with Crippen LogP contribution in [0.4, 0.5) is 0 Å². The molecule has 2 heterocycles. The molecule has 3 rings (SSSR count). The normalized spacial score (nSPS) is 11.4. The summed E-state index contributed by atoms with van der Waals surface area (Å²) in [6.07, 6.45) is 7.43. The van der Waals surface area contributed by atoms with Crippen LogP contribution in [0.3, 0.4) is 0 Å². The molecular formula is C20H24N3O+. The fourth-order valence-corrected chi connectivity index (χ4v) is 3.20. The van der Waals surface area contributed by atoms with Gasteiger partial charge in [-0.2, -0.15) is 4.40 Å². The number of fused-ring (bicyclic) bond motifs is 1. The molecule has 24 heavy (non-hydrogen) atoms. The van der Waals surface area contributed by atoms with Crippen molar-refractivity contribution >= 4 is 11.4 Å². The van der Waals surface area contributed by atoms with Gasteiger partial charge in [0.25, 0.3) is 0 Å². The zero-order valence-electron chi connectivity index (χ0n) is 14.8. The molecule has 0 aliphatic rings. The van der Waals surface area contributed by atoms with Crippen LogP contribution in [0.15, 0.2) is 42.9 Å². The predicted octanol–water partition coefficient (Wildman–Crippen LogP) is 3.16. The molecule has 1 aromatic carbocycles. The SMILES string of the molecule is CC(=O)Cc1cccc(-c2c[n+](C)c3c(CC(C)C)nccn23)c1. The molecule has 4 heteroatoms. The van der Waals surface area contributed by atoms with E-state index in [9.17, 15) is 4.79 Å². The molecule has 3 aromatic rings. The summed E-state index contributed by atoms with van der Waals surface area (Å²) in [5.41, 5.74) is 5.52. The predicted molar refractivity (Wildman–Crippen MR) is 94.7 cm³/mol. The minimum atomic E-state index is 0.182. The van der Waals surface area contributed by atoms with Gasteiger partial charge in [0.1, 0.15) is 23.9 Å². The molecule has 0 aliphatic carbocycles. The highest BCUT2D eigenvalue weighted by molar-refractivity contribution is 5.78. The Labute approximate surface area is 142 Å². The second kappa shape index (κ2) is 6.56. The Morgan fingerprint density at radius 2 is 2.12 bits per heavy atom. The lowest BCUT2D eigenvalue weighted by Crippen LogP contribution is -2.27. The Morgan fingerprint density at radius 1 is 1.33 bits per heavy atom. The van der Waals surface area contributed by atoms with Crippen molar-refractivity contribution in [2.75, 3.05) is 0 Å². The summed E-state index contributed by atoms with van der Waals surface area (Å²) >= 11 is 0. The van der Waals surface area contributed by atoms with Crippen LogP contribution < -0.4 is 4.57 Å². The van der Waals surface area contributed by atoms with E-state index in [1.165, 1.54) is 0 Å². The Bertz CT molecular complexity index is 893. The van der Waals surface area contributed by atoms with Gasteiger partial charge >= 0.3 is 5.65 Å². The molecule has 2 aromatic heterocycles. The fourth-order valence-electron chi connectivity index (χ4n) is 3.20. The van der Waals surface area contributed by atoms with Crippen LogP contribution in [0.5, 0.6) is 0 Å². The quantitative estimate of drug-likeness (QED) is 0.677. The molecule has 0 spiro atoms. The van der Waals surface area contributed by atoms with E-state index in [4.69, 9.17) is 0 Å². The molecule has 0 unspecified atom stereocenters. The topological polar surface area (TPSA) is 38.2 Å². The third-order valence-electron chi connectivity index (χ3n) is 4.12. The molecule has 0 atom stereocenters. The number of hydrogen-bond donors (Lipinski definition) is 0. The Kier molecular flexibility index (Phi) is 4.47. The second-order valence-corrected chi connectivity index (χ2v) is 6.87. The number of carbonyl (C=O) groups excluding carboxylic acids is 1. The van der Waals surface area contributed by atoms with Gasteiger partial charge in [0, 0.05) is 18.4 Å². The van der Waals surface area contributed by atoms with Gasteiger partial charge in [0.2, 0.25) is 0 Å². The molecule has 0 fully saturated rings. The summed E-state index contributed by atoms with van der Waals surface area (Å²) in [6, 6.07) is 8.22. The van der Waals surface area contributed by atoms with Crippen molar-refractivity contribution in [3.63, 3.8) is 0 Å². The first-order chi connectivity index (χ1) is 11.5. The second-order valence-electron chi connectivity index (χ2n) is 6.87. The highest BCUT2D eigenvalue weighted by atomic mass is 16.1. The summed E-state index contributed by atoms with van der Waals surface area (Å²) in [4.78, 5) is 16.0. The van der Waals surface area contributed by atoms with Crippen LogP contribution in [-0.2, 0) is 24.7 Å². The molecule has 0 bridgehead atoms. The van der Waals surface area contributed by atoms with Crippen LogP contribution in [0.2, 0.25) is 0 Å². The number of hydrogen-bond acceptors (Lipinski definition) is 2. The molecule has 0 radical (unpaired) electrons. The summed E-state index contributed by atoms with van der Waals surface area (Å²) in [5.74, 6) is 0.738. The number of benzene rings is 1. The van der Waals surface area contributed by atoms with Crippen molar-refractivity contribution in [3.8, 4) is 11.3 Å². The highest BCUT2D eigenvalue weighted by Crippen LogP contribution is 2.23. The van der Waals surface area contributed by atoms with Crippen molar-refractivity contribution in [1.29, 1.82) is 0 Å². The van der Waals surface area contributed by atoms with E-state index in [1.54, 1.807) is 6.92 Å².